The minimum Gasteiger partial charge on any atom is -0.348 e. The highest BCUT2D eigenvalue weighted by Gasteiger charge is 2.14. The molecule has 1 amide bonds. The first-order valence-electron chi connectivity index (χ1n) is 6.72. The Morgan fingerprint density at radius 2 is 1.91 bits per heavy atom. The quantitative estimate of drug-likeness (QED) is 0.879. The summed E-state index contributed by atoms with van der Waals surface area (Å²) in [4.78, 5) is 12.9. The molecule has 6 heteroatoms. The molecule has 0 bridgehead atoms. The summed E-state index contributed by atoms with van der Waals surface area (Å²) in [6.07, 6.45) is 0. The summed E-state index contributed by atoms with van der Waals surface area (Å²) in [6.45, 7) is 2.10. The maximum Gasteiger partial charge on any atom is 0.252 e. The van der Waals surface area contributed by atoms with Crippen LogP contribution in [0.1, 0.15) is 22.8 Å². The Morgan fingerprint density at radius 3 is 2.59 bits per heavy atom. The summed E-state index contributed by atoms with van der Waals surface area (Å²) in [5.74, 6) is 0.191. The van der Waals surface area contributed by atoms with Crippen molar-refractivity contribution in [3.05, 3.63) is 63.6 Å². The zero-order valence-electron chi connectivity index (χ0n) is 11.9. The number of hydrogen-bond acceptors (Lipinski definition) is 2. The number of carbonyl (C=O) groups is 1. The van der Waals surface area contributed by atoms with Gasteiger partial charge in [0.15, 0.2) is 0 Å². The first-order valence-corrected chi connectivity index (χ1v) is 8.80. The molecule has 22 heavy (non-hydrogen) atoms. The van der Waals surface area contributed by atoms with Crippen molar-refractivity contribution >= 4 is 39.9 Å². The zero-order valence-corrected chi connectivity index (χ0v) is 14.3. The Labute approximate surface area is 142 Å². The van der Waals surface area contributed by atoms with Gasteiger partial charge in [-0.25, -0.2) is 0 Å². The third-order valence-electron chi connectivity index (χ3n) is 3.09. The maximum atomic E-state index is 12.3. The van der Waals surface area contributed by atoms with Crippen LogP contribution in [0.5, 0.6) is 0 Å². The van der Waals surface area contributed by atoms with Crippen LogP contribution < -0.4 is 5.32 Å². The van der Waals surface area contributed by atoms with E-state index in [1.54, 1.807) is 42.5 Å². The van der Waals surface area contributed by atoms with E-state index in [9.17, 15) is 9.00 Å². The summed E-state index contributed by atoms with van der Waals surface area (Å²) in [7, 11) is -1.18. The number of rotatable bonds is 5. The molecule has 1 atom stereocenters. The van der Waals surface area contributed by atoms with E-state index in [2.05, 4.69) is 5.32 Å². The van der Waals surface area contributed by atoms with Crippen molar-refractivity contribution in [2.45, 2.75) is 18.4 Å². The average molecular weight is 356 g/mol. The van der Waals surface area contributed by atoms with E-state index in [0.717, 1.165) is 5.56 Å². The molecule has 0 radical (unpaired) electrons. The summed E-state index contributed by atoms with van der Waals surface area (Å²) in [5, 5.41) is 3.84. The Kier molecular flexibility index (Phi) is 6.00. The highest BCUT2D eigenvalue weighted by atomic mass is 35.5. The van der Waals surface area contributed by atoms with Crippen LogP contribution in [-0.4, -0.2) is 15.9 Å². The topological polar surface area (TPSA) is 46.2 Å². The van der Waals surface area contributed by atoms with Crippen LogP contribution in [0.25, 0.3) is 0 Å². The molecule has 0 unspecified atom stereocenters. The van der Waals surface area contributed by atoms with Gasteiger partial charge in [-0.2, -0.15) is 0 Å². The van der Waals surface area contributed by atoms with Crippen LogP contribution >= 0.6 is 23.2 Å². The second-order valence-corrected chi connectivity index (χ2v) is 7.10. The van der Waals surface area contributed by atoms with Crippen molar-refractivity contribution in [2.75, 3.05) is 5.75 Å². The lowest BCUT2D eigenvalue weighted by molar-refractivity contribution is 0.0948. The molecule has 0 aliphatic rings. The van der Waals surface area contributed by atoms with Gasteiger partial charge >= 0.3 is 0 Å². The Bertz CT molecular complexity index is 719. The molecule has 0 aromatic heterocycles. The van der Waals surface area contributed by atoms with Gasteiger partial charge in [0.05, 0.1) is 21.3 Å². The molecule has 1 N–H and O–H groups in total. The minimum atomic E-state index is -1.18. The summed E-state index contributed by atoms with van der Waals surface area (Å²) in [6, 6.07) is 12.0. The molecule has 0 saturated carbocycles. The van der Waals surface area contributed by atoms with Gasteiger partial charge in [-0.15, -0.1) is 0 Å². The largest absolute Gasteiger partial charge is 0.348 e. The second kappa shape index (κ2) is 7.77. The van der Waals surface area contributed by atoms with Crippen molar-refractivity contribution in [1.82, 2.24) is 5.32 Å². The highest BCUT2D eigenvalue weighted by Crippen LogP contribution is 2.21. The lowest BCUT2D eigenvalue weighted by atomic mass is 10.2. The van der Waals surface area contributed by atoms with Crippen LogP contribution in [-0.2, 0) is 17.3 Å². The highest BCUT2D eigenvalue weighted by molar-refractivity contribution is 7.85. The number of halogens is 2. The molecule has 0 saturated heterocycles. The predicted molar refractivity (Wildman–Crippen MR) is 91.0 cm³/mol. The Hall–Kier alpha value is -1.36. The fourth-order valence-corrected chi connectivity index (χ4v) is 3.37. The number of amides is 1. The fraction of sp³-hybridized carbons (Fsp3) is 0.188. The van der Waals surface area contributed by atoms with Crippen molar-refractivity contribution in [2.24, 2.45) is 0 Å². The minimum absolute atomic E-state index is 0.275. The fourth-order valence-electron chi connectivity index (χ4n) is 1.94. The van der Waals surface area contributed by atoms with Gasteiger partial charge in [-0.05, 0) is 29.8 Å². The Morgan fingerprint density at radius 1 is 1.18 bits per heavy atom. The molecule has 116 valence electrons. The molecule has 0 heterocycles. The van der Waals surface area contributed by atoms with Gasteiger partial charge in [0.1, 0.15) is 0 Å². The molecule has 0 fully saturated rings. The third-order valence-corrected chi connectivity index (χ3v) is 5.05. The zero-order chi connectivity index (χ0) is 16.1. The van der Waals surface area contributed by atoms with Crippen LogP contribution in [0.2, 0.25) is 10.0 Å². The lowest BCUT2D eigenvalue weighted by Gasteiger charge is -2.10. The molecular formula is C16H15Cl2NO2S. The van der Waals surface area contributed by atoms with Crippen molar-refractivity contribution in [3.8, 4) is 0 Å². The van der Waals surface area contributed by atoms with Crippen molar-refractivity contribution in [1.29, 1.82) is 0 Å². The van der Waals surface area contributed by atoms with Gasteiger partial charge < -0.3 is 5.32 Å². The molecule has 2 aromatic rings. The molecular weight excluding hydrogens is 341 g/mol. The van der Waals surface area contributed by atoms with Crippen LogP contribution in [0.3, 0.4) is 0 Å². The summed E-state index contributed by atoms with van der Waals surface area (Å²) >= 11 is 11.9. The standard InChI is InChI=1S/C16H15Cl2NO2S/c1-2-22(21)15-6-4-3-5-13(15)16(20)19-10-11-7-8-12(17)9-14(11)18/h3-9H,2,10H2,1H3,(H,19,20)/t22-/m0/s1. The van der Waals surface area contributed by atoms with Crippen LogP contribution in [0, 0.1) is 0 Å². The van der Waals surface area contributed by atoms with Crippen molar-refractivity contribution in [3.63, 3.8) is 0 Å². The van der Waals surface area contributed by atoms with Gasteiger partial charge in [-0.1, -0.05) is 48.3 Å². The molecule has 2 rings (SSSR count). The predicted octanol–water partition coefficient (Wildman–Crippen LogP) is 4.05. The summed E-state index contributed by atoms with van der Waals surface area (Å²) in [5.41, 5.74) is 1.20. The first kappa shape index (κ1) is 17.0. The monoisotopic (exact) mass is 355 g/mol. The van der Waals surface area contributed by atoms with Gasteiger partial charge in [-0.3, -0.25) is 9.00 Å². The molecule has 2 aromatic carbocycles. The first-order chi connectivity index (χ1) is 10.5. The summed E-state index contributed by atoms with van der Waals surface area (Å²) < 4.78 is 12.0. The van der Waals surface area contributed by atoms with E-state index < -0.39 is 10.8 Å². The van der Waals surface area contributed by atoms with E-state index in [0.29, 0.717) is 26.3 Å². The number of benzene rings is 2. The molecule has 0 spiro atoms. The lowest BCUT2D eigenvalue weighted by Crippen LogP contribution is -2.24. The number of nitrogens with one attached hydrogen (secondary N) is 1. The smallest absolute Gasteiger partial charge is 0.252 e. The number of hydrogen-bond donors (Lipinski definition) is 1. The Balaban J connectivity index is 2.15. The van der Waals surface area contributed by atoms with E-state index in [-0.39, 0.29) is 12.5 Å². The van der Waals surface area contributed by atoms with E-state index in [1.807, 2.05) is 6.92 Å². The van der Waals surface area contributed by atoms with Gasteiger partial charge in [0.25, 0.3) is 5.91 Å². The van der Waals surface area contributed by atoms with Gasteiger partial charge in [0.2, 0.25) is 0 Å². The number of carbonyl (C=O) groups excluding carboxylic acids is 1. The van der Waals surface area contributed by atoms with Crippen molar-refractivity contribution < 1.29 is 9.00 Å². The third kappa shape index (κ3) is 4.09. The SMILES string of the molecule is CC[S@](=O)c1ccccc1C(=O)NCc1ccc(Cl)cc1Cl. The maximum absolute atomic E-state index is 12.3. The van der Waals surface area contributed by atoms with Crippen LogP contribution in [0.15, 0.2) is 47.4 Å². The molecule has 0 aliphatic carbocycles. The molecule has 0 aliphatic heterocycles. The van der Waals surface area contributed by atoms with E-state index >= 15 is 0 Å². The second-order valence-electron chi connectivity index (χ2n) is 4.55. The average Bonchev–Trinajstić information content (AvgIpc) is 2.53. The van der Waals surface area contributed by atoms with Crippen LogP contribution in [0.4, 0.5) is 0 Å². The van der Waals surface area contributed by atoms with Gasteiger partial charge in [0, 0.05) is 22.3 Å². The normalized spacial score (nSPS) is 12.0. The van der Waals surface area contributed by atoms with E-state index in [1.165, 1.54) is 0 Å². The molecule has 3 nitrogen and oxygen atoms in total. The van der Waals surface area contributed by atoms with E-state index in [4.69, 9.17) is 23.2 Å².